The van der Waals surface area contributed by atoms with E-state index in [1.54, 1.807) is 48.5 Å². The average molecular weight is 516 g/mol. The first-order valence-corrected chi connectivity index (χ1v) is 12.8. The van der Waals surface area contributed by atoms with Crippen LogP contribution in [0, 0.1) is 16.0 Å². The number of nitrogens with one attached hydrogen (secondary N) is 2. The van der Waals surface area contributed by atoms with Crippen molar-refractivity contribution in [2.45, 2.75) is 23.3 Å². The molecule has 0 saturated carbocycles. The summed E-state index contributed by atoms with van der Waals surface area (Å²) in [6.07, 6.45) is 4.81. The van der Waals surface area contributed by atoms with Crippen LogP contribution < -0.4 is 10.0 Å². The minimum atomic E-state index is -3.93. The first kappa shape index (κ1) is 22.7. The molecule has 2 aliphatic rings. The number of rotatable bonds is 5. The lowest BCUT2D eigenvalue weighted by molar-refractivity contribution is -0.385. The van der Waals surface area contributed by atoms with E-state index in [9.17, 15) is 18.5 Å². The Kier molecular flexibility index (Phi) is 5.75. The van der Waals surface area contributed by atoms with Crippen LogP contribution in [-0.4, -0.2) is 13.3 Å². The number of sulfonamides is 1. The summed E-state index contributed by atoms with van der Waals surface area (Å²) >= 11 is 12.2. The van der Waals surface area contributed by atoms with E-state index >= 15 is 0 Å². The van der Waals surface area contributed by atoms with E-state index in [1.807, 2.05) is 12.2 Å². The molecule has 3 aromatic carbocycles. The number of anilines is 2. The third-order valence-corrected chi connectivity index (χ3v) is 8.49. The molecule has 3 atom stereocenters. The van der Waals surface area contributed by atoms with Crippen molar-refractivity contribution in [1.82, 2.24) is 0 Å². The molecule has 0 radical (unpaired) electrons. The van der Waals surface area contributed by atoms with Gasteiger partial charge in [0.2, 0.25) is 0 Å². The lowest BCUT2D eigenvalue weighted by Gasteiger charge is -2.37. The Morgan fingerprint density at radius 3 is 2.62 bits per heavy atom. The van der Waals surface area contributed by atoms with Gasteiger partial charge in [0.25, 0.3) is 15.7 Å². The number of nitro groups is 1. The summed E-state index contributed by atoms with van der Waals surface area (Å²) < 4.78 is 28.8. The highest BCUT2D eigenvalue weighted by Gasteiger charge is 2.40. The van der Waals surface area contributed by atoms with Crippen molar-refractivity contribution < 1.29 is 13.3 Å². The zero-order valence-electron chi connectivity index (χ0n) is 17.6. The van der Waals surface area contributed by atoms with Crippen molar-refractivity contribution in [2.75, 3.05) is 10.0 Å². The van der Waals surface area contributed by atoms with Gasteiger partial charge in [-0.2, -0.15) is 0 Å². The van der Waals surface area contributed by atoms with Gasteiger partial charge in [0.15, 0.2) is 0 Å². The van der Waals surface area contributed by atoms with Crippen LogP contribution in [0.3, 0.4) is 0 Å². The molecular weight excluding hydrogens is 497 g/mol. The second-order valence-electron chi connectivity index (χ2n) is 8.25. The van der Waals surface area contributed by atoms with Crippen LogP contribution in [0.2, 0.25) is 10.0 Å². The smallest absolute Gasteiger partial charge is 0.274 e. The highest BCUT2D eigenvalue weighted by Crippen LogP contribution is 2.51. The Morgan fingerprint density at radius 2 is 1.82 bits per heavy atom. The molecular formula is C24H19Cl2N3O4S. The molecule has 34 heavy (non-hydrogen) atoms. The van der Waals surface area contributed by atoms with E-state index in [0.717, 1.165) is 17.7 Å². The summed E-state index contributed by atoms with van der Waals surface area (Å²) in [5.74, 6) is -0.0622. The zero-order chi connectivity index (χ0) is 24.0. The number of benzene rings is 3. The van der Waals surface area contributed by atoms with Crippen LogP contribution in [-0.2, 0) is 10.0 Å². The van der Waals surface area contributed by atoms with Gasteiger partial charge in [-0.05, 0) is 48.2 Å². The maximum Gasteiger partial charge on any atom is 0.274 e. The molecule has 0 saturated heterocycles. The lowest BCUT2D eigenvalue weighted by atomic mass is 9.76. The SMILES string of the molecule is O=[N+]([O-])c1ccccc1[C@H]1Nc2ccc(S(=O)(=O)Nc3cccc(Cl)c3Cl)cc2[C@H]2C=CC[C@H]21. The number of para-hydroxylation sites is 1. The maximum absolute atomic E-state index is 13.1. The fourth-order valence-corrected chi connectivity index (χ4v) is 6.26. The molecule has 5 rings (SSSR count). The highest BCUT2D eigenvalue weighted by molar-refractivity contribution is 7.92. The predicted molar refractivity (Wildman–Crippen MR) is 133 cm³/mol. The number of allylic oxidation sites excluding steroid dienone is 2. The molecule has 7 nitrogen and oxygen atoms in total. The highest BCUT2D eigenvalue weighted by atomic mass is 35.5. The maximum atomic E-state index is 13.1. The third-order valence-electron chi connectivity index (χ3n) is 6.31. The molecule has 3 aromatic rings. The van der Waals surface area contributed by atoms with Gasteiger partial charge in [-0.25, -0.2) is 8.42 Å². The molecule has 0 unspecified atom stereocenters. The summed E-state index contributed by atoms with van der Waals surface area (Å²) in [4.78, 5) is 11.3. The van der Waals surface area contributed by atoms with Crippen LogP contribution in [0.5, 0.6) is 0 Å². The predicted octanol–water partition coefficient (Wildman–Crippen LogP) is 6.53. The fraction of sp³-hybridized carbons (Fsp3) is 0.167. The standard InChI is InChI=1S/C24H19Cl2N3O4S/c25-19-8-4-9-21(23(19)26)28-34(32,33)14-11-12-20-18(13-14)15-6-3-7-16(15)24(27-20)17-5-1-2-10-22(17)29(30)31/h1-6,8-13,15-16,24,27-28H,7H2/t15-,16+,24-/m0/s1. The quantitative estimate of drug-likeness (QED) is 0.228. The van der Waals surface area contributed by atoms with Gasteiger partial charge in [-0.15, -0.1) is 0 Å². The van der Waals surface area contributed by atoms with Crippen molar-refractivity contribution in [1.29, 1.82) is 0 Å². The average Bonchev–Trinajstić information content (AvgIpc) is 3.31. The molecule has 0 spiro atoms. The summed E-state index contributed by atoms with van der Waals surface area (Å²) in [5, 5.41) is 15.4. The summed E-state index contributed by atoms with van der Waals surface area (Å²) in [7, 11) is -3.93. The number of nitrogens with zero attached hydrogens (tertiary/aromatic N) is 1. The van der Waals surface area contributed by atoms with E-state index in [-0.39, 0.29) is 49.1 Å². The topological polar surface area (TPSA) is 101 Å². The Hall–Kier alpha value is -3.07. The molecule has 0 bridgehead atoms. The summed E-state index contributed by atoms with van der Waals surface area (Å²) in [6, 6.07) is 16.0. The van der Waals surface area contributed by atoms with E-state index in [2.05, 4.69) is 10.0 Å². The van der Waals surface area contributed by atoms with Crippen LogP contribution in [0.15, 0.2) is 77.7 Å². The third kappa shape index (κ3) is 3.91. The van der Waals surface area contributed by atoms with Crippen LogP contribution >= 0.6 is 23.2 Å². The molecule has 2 N–H and O–H groups in total. The minimum Gasteiger partial charge on any atom is -0.377 e. The Morgan fingerprint density at radius 1 is 1.03 bits per heavy atom. The van der Waals surface area contributed by atoms with Crippen molar-refractivity contribution in [2.24, 2.45) is 5.92 Å². The van der Waals surface area contributed by atoms with Crippen LogP contribution in [0.4, 0.5) is 17.1 Å². The zero-order valence-corrected chi connectivity index (χ0v) is 19.9. The van der Waals surface area contributed by atoms with Gasteiger partial charge in [0.1, 0.15) is 0 Å². The van der Waals surface area contributed by atoms with Crippen molar-refractivity contribution in [3.63, 3.8) is 0 Å². The number of hydrogen-bond acceptors (Lipinski definition) is 5. The van der Waals surface area contributed by atoms with E-state index < -0.39 is 10.0 Å². The monoisotopic (exact) mass is 515 g/mol. The Balaban J connectivity index is 1.52. The van der Waals surface area contributed by atoms with Gasteiger partial charge in [-0.3, -0.25) is 14.8 Å². The van der Waals surface area contributed by atoms with Gasteiger partial charge >= 0.3 is 0 Å². The first-order chi connectivity index (χ1) is 16.3. The Bertz CT molecular complexity index is 1440. The van der Waals surface area contributed by atoms with E-state index in [1.165, 1.54) is 12.1 Å². The molecule has 0 fully saturated rings. The van der Waals surface area contributed by atoms with Crippen molar-refractivity contribution >= 4 is 50.3 Å². The molecule has 0 aromatic heterocycles. The van der Waals surface area contributed by atoms with E-state index in [4.69, 9.17) is 23.2 Å². The number of nitro benzene ring substituents is 1. The minimum absolute atomic E-state index is 0.0156. The molecule has 1 heterocycles. The first-order valence-electron chi connectivity index (χ1n) is 10.5. The van der Waals surface area contributed by atoms with Crippen LogP contribution in [0.1, 0.15) is 29.5 Å². The molecule has 1 aliphatic carbocycles. The van der Waals surface area contributed by atoms with Gasteiger partial charge in [-0.1, -0.05) is 59.6 Å². The largest absolute Gasteiger partial charge is 0.377 e. The lowest BCUT2D eigenvalue weighted by Crippen LogP contribution is -2.30. The number of fused-ring (bicyclic) bond motifs is 3. The second-order valence-corrected chi connectivity index (χ2v) is 10.7. The summed E-state index contributed by atoms with van der Waals surface area (Å²) in [5.41, 5.74) is 2.45. The van der Waals surface area contributed by atoms with Crippen molar-refractivity contribution in [3.05, 3.63) is 104 Å². The number of hydrogen-bond donors (Lipinski definition) is 2. The van der Waals surface area contributed by atoms with Gasteiger partial charge < -0.3 is 5.32 Å². The van der Waals surface area contributed by atoms with Gasteiger partial charge in [0, 0.05) is 17.7 Å². The van der Waals surface area contributed by atoms with E-state index in [0.29, 0.717) is 5.56 Å². The van der Waals surface area contributed by atoms with Crippen LogP contribution in [0.25, 0.3) is 0 Å². The Labute approximate surface area is 206 Å². The molecule has 0 amide bonds. The second kappa shape index (κ2) is 8.61. The van der Waals surface area contributed by atoms with Gasteiger partial charge in [0.05, 0.1) is 37.2 Å². The number of halogens is 2. The normalized spacial score (nSPS) is 20.8. The molecule has 10 heteroatoms. The molecule has 174 valence electrons. The molecule has 1 aliphatic heterocycles. The fourth-order valence-electron chi connectivity index (χ4n) is 4.75. The van der Waals surface area contributed by atoms with Crippen molar-refractivity contribution in [3.8, 4) is 0 Å². The summed E-state index contributed by atoms with van der Waals surface area (Å²) in [6.45, 7) is 0.